The van der Waals surface area contributed by atoms with E-state index in [1.54, 1.807) is 26.0 Å². The minimum Gasteiger partial charge on any atom is -0.452 e. The maximum absolute atomic E-state index is 12.4. The summed E-state index contributed by atoms with van der Waals surface area (Å²) in [6.45, 7) is 10.2. The van der Waals surface area contributed by atoms with Crippen LogP contribution in [0.25, 0.3) is 0 Å². The van der Waals surface area contributed by atoms with E-state index in [1.165, 1.54) is 6.42 Å². The number of carbonyl (C=O) groups excluding carboxylic acids is 2. The monoisotopic (exact) mass is 427 g/mol. The van der Waals surface area contributed by atoms with Crippen molar-refractivity contribution in [3.05, 3.63) is 29.3 Å². The molecule has 8 heteroatoms. The lowest BCUT2D eigenvalue weighted by Crippen LogP contribution is -2.65. The Balaban J connectivity index is 1.41. The van der Waals surface area contributed by atoms with Gasteiger partial charge >= 0.3 is 13.1 Å². The maximum atomic E-state index is 12.4. The molecule has 3 saturated carbocycles. The minimum atomic E-state index is -1.05. The standard InChI is InChI=1S/C23H30BNO6/c1-21(2)14-10-16(21)23(5)17(11-14)30-24(31-23)18(25-12-26)9-13-7-6-8-15-19(13)28-22(3,4)29-20(15)27/h6-8,12,14,16-18H,9-11H2,1-5H3,(H,25,26)/t14-,16-,17?,18-,23-/m0/s1. The van der Waals surface area contributed by atoms with Crippen LogP contribution in [0.2, 0.25) is 0 Å². The second-order valence-electron chi connectivity index (χ2n) is 10.6. The smallest absolute Gasteiger partial charge is 0.452 e. The van der Waals surface area contributed by atoms with Crippen LogP contribution in [0.1, 0.15) is 63.4 Å². The summed E-state index contributed by atoms with van der Waals surface area (Å²) >= 11 is 0. The zero-order valence-electron chi connectivity index (χ0n) is 18.8. The number of cyclic esters (lactones) is 1. The average Bonchev–Trinajstić information content (AvgIpc) is 3.04. The van der Waals surface area contributed by atoms with Crippen molar-refractivity contribution < 1.29 is 28.4 Å². The first-order valence-corrected chi connectivity index (χ1v) is 11.1. The van der Waals surface area contributed by atoms with E-state index in [1.807, 2.05) is 6.07 Å². The van der Waals surface area contributed by atoms with E-state index in [0.29, 0.717) is 36.0 Å². The van der Waals surface area contributed by atoms with Crippen molar-refractivity contribution in [2.24, 2.45) is 17.3 Å². The number of para-hydroxylation sites is 1. The zero-order valence-corrected chi connectivity index (χ0v) is 18.8. The van der Waals surface area contributed by atoms with Crippen LogP contribution in [-0.2, 0) is 25.3 Å². The van der Waals surface area contributed by atoms with Gasteiger partial charge in [-0.1, -0.05) is 26.0 Å². The molecule has 2 heterocycles. The van der Waals surface area contributed by atoms with Gasteiger partial charge in [0.15, 0.2) is 0 Å². The number of ether oxygens (including phenoxy) is 2. The van der Waals surface area contributed by atoms with Crippen LogP contribution in [0.5, 0.6) is 5.75 Å². The predicted molar refractivity (Wildman–Crippen MR) is 113 cm³/mol. The summed E-state index contributed by atoms with van der Waals surface area (Å²) in [7, 11) is -0.560. The van der Waals surface area contributed by atoms with Crippen LogP contribution in [0.15, 0.2) is 18.2 Å². The molecule has 2 aliphatic heterocycles. The van der Waals surface area contributed by atoms with Crippen LogP contribution in [0.3, 0.4) is 0 Å². The molecular formula is C23H30BNO6. The number of carbonyl (C=O) groups is 2. The number of fused-ring (bicyclic) bond motifs is 1. The molecule has 166 valence electrons. The highest BCUT2D eigenvalue weighted by Crippen LogP contribution is 2.65. The number of hydrogen-bond acceptors (Lipinski definition) is 6. The lowest BCUT2D eigenvalue weighted by Gasteiger charge is -2.64. The highest BCUT2D eigenvalue weighted by Gasteiger charge is 2.68. The first-order chi connectivity index (χ1) is 14.5. The second kappa shape index (κ2) is 6.72. The normalized spacial score (nSPS) is 35.1. The molecule has 31 heavy (non-hydrogen) atoms. The number of esters is 1. The quantitative estimate of drug-likeness (QED) is 0.442. The van der Waals surface area contributed by atoms with Crippen molar-refractivity contribution in [2.45, 2.75) is 77.3 Å². The summed E-state index contributed by atoms with van der Waals surface area (Å²) in [5.74, 6) is -0.291. The van der Waals surface area contributed by atoms with Crippen LogP contribution >= 0.6 is 0 Å². The Labute approximate surface area is 183 Å². The molecule has 2 bridgehead atoms. The molecule has 6 rings (SSSR count). The number of hydrogen-bond donors (Lipinski definition) is 1. The van der Waals surface area contributed by atoms with Crippen molar-refractivity contribution in [1.82, 2.24) is 5.32 Å². The first kappa shape index (κ1) is 20.8. The number of amides is 1. The molecule has 1 amide bonds. The second-order valence-corrected chi connectivity index (χ2v) is 10.6. The van der Waals surface area contributed by atoms with Gasteiger partial charge in [0.05, 0.1) is 17.6 Å². The molecule has 1 aromatic rings. The Morgan fingerprint density at radius 3 is 2.68 bits per heavy atom. The molecule has 0 aromatic heterocycles. The lowest BCUT2D eigenvalue weighted by molar-refractivity contribution is -0.199. The van der Waals surface area contributed by atoms with Crippen molar-refractivity contribution in [3.8, 4) is 5.75 Å². The molecule has 4 fully saturated rings. The van der Waals surface area contributed by atoms with Crippen molar-refractivity contribution in [1.29, 1.82) is 0 Å². The Hall–Kier alpha value is -2.06. The summed E-state index contributed by atoms with van der Waals surface area (Å²) in [6, 6.07) is 5.38. The van der Waals surface area contributed by atoms with E-state index >= 15 is 0 Å². The van der Waals surface area contributed by atoms with Crippen molar-refractivity contribution in [2.75, 3.05) is 0 Å². The molecule has 7 nitrogen and oxygen atoms in total. The molecule has 1 saturated heterocycles. The predicted octanol–water partition coefficient (Wildman–Crippen LogP) is 2.90. The summed E-state index contributed by atoms with van der Waals surface area (Å²) in [4.78, 5) is 23.9. The Bertz CT molecular complexity index is 933. The van der Waals surface area contributed by atoms with E-state index < -0.39 is 24.8 Å². The van der Waals surface area contributed by atoms with E-state index in [0.717, 1.165) is 12.0 Å². The molecule has 0 radical (unpaired) electrons. The zero-order chi connectivity index (χ0) is 22.2. The molecule has 1 unspecified atom stereocenters. The summed E-state index contributed by atoms with van der Waals surface area (Å²) in [5, 5.41) is 2.89. The highest BCUT2D eigenvalue weighted by molar-refractivity contribution is 6.47. The van der Waals surface area contributed by atoms with Gasteiger partial charge in [-0.25, -0.2) is 4.79 Å². The largest absolute Gasteiger partial charge is 0.482 e. The molecule has 1 N–H and O–H groups in total. The maximum Gasteiger partial charge on any atom is 0.482 e. The van der Waals surface area contributed by atoms with Gasteiger partial charge in [0.25, 0.3) is 0 Å². The molecule has 5 atom stereocenters. The Kier molecular flexibility index (Phi) is 4.51. The molecule has 0 spiro atoms. The summed E-state index contributed by atoms with van der Waals surface area (Å²) < 4.78 is 24.3. The van der Waals surface area contributed by atoms with Crippen LogP contribution < -0.4 is 10.1 Å². The lowest BCUT2D eigenvalue weighted by atomic mass is 9.43. The van der Waals surface area contributed by atoms with Crippen molar-refractivity contribution >= 4 is 19.5 Å². The minimum absolute atomic E-state index is 0.0278. The topological polar surface area (TPSA) is 83.1 Å². The first-order valence-electron chi connectivity index (χ1n) is 11.1. The van der Waals surface area contributed by atoms with Gasteiger partial charge in [0, 0.05) is 13.8 Å². The number of rotatable bonds is 5. The van der Waals surface area contributed by atoms with Crippen LogP contribution in [-0.4, -0.2) is 42.9 Å². The van der Waals surface area contributed by atoms with Gasteiger partial charge in [-0.05, 0) is 55.1 Å². The van der Waals surface area contributed by atoms with E-state index in [2.05, 4.69) is 26.1 Å². The molecule has 3 aliphatic carbocycles. The third kappa shape index (κ3) is 3.10. The SMILES string of the molecule is CC1(C)OC(=O)c2cccc(C[C@H](NC=O)B3OC4C[C@@H]5C[C@@H](C5(C)C)[C@]4(C)O3)c2O1. The number of benzene rings is 1. The van der Waals surface area contributed by atoms with Crippen molar-refractivity contribution in [3.63, 3.8) is 0 Å². The number of nitrogens with one attached hydrogen (secondary N) is 1. The van der Waals surface area contributed by atoms with Gasteiger partial charge in [-0.15, -0.1) is 0 Å². The van der Waals surface area contributed by atoms with E-state index in [-0.39, 0.29) is 17.1 Å². The fourth-order valence-electron chi connectivity index (χ4n) is 6.20. The van der Waals surface area contributed by atoms with E-state index in [4.69, 9.17) is 18.8 Å². The highest BCUT2D eigenvalue weighted by atomic mass is 16.7. The fraction of sp³-hybridized carbons (Fsp3) is 0.652. The fourth-order valence-corrected chi connectivity index (χ4v) is 6.20. The van der Waals surface area contributed by atoms with E-state index in [9.17, 15) is 9.59 Å². The van der Waals surface area contributed by atoms with Gasteiger partial charge < -0.3 is 24.1 Å². The summed E-state index contributed by atoms with van der Waals surface area (Å²) in [5.41, 5.74) is 1.08. The third-order valence-electron chi connectivity index (χ3n) is 8.02. The van der Waals surface area contributed by atoms with Gasteiger partial charge in [-0.3, -0.25) is 4.79 Å². The molecular weight excluding hydrogens is 397 g/mol. The Morgan fingerprint density at radius 1 is 1.19 bits per heavy atom. The Morgan fingerprint density at radius 2 is 1.97 bits per heavy atom. The summed E-state index contributed by atoms with van der Waals surface area (Å²) in [6.07, 6.45) is 3.27. The third-order valence-corrected chi connectivity index (χ3v) is 8.02. The average molecular weight is 427 g/mol. The van der Waals surface area contributed by atoms with Gasteiger partial charge in [0.1, 0.15) is 11.3 Å². The van der Waals surface area contributed by atoms with Gasteiger partial charge in [0.2, 0.25) is 12.2 Å². The van der Waals surface area contributed by atoms with Gasteiger partial charge in [-0.2, -0.15) is 0 Å². The van der Waals surface area contributed by atoms with Crippen LogP contribution in [0, 0.1) is 17.3 Å². The molecule has 5 aliphatic rings. The molecule has 1 aromatic carbocycles. The van der Waals surface area contributed by atoms with Crippen LogP contribution in [0.4, 0.5) is 0 Å².